The van der Waals surface area contributed by atoms with Gasteiger partial charge in [0, 0.05) is 26.4 Å². The van der Waals surface area contributed by atoms with Gasteiger partial charge >= 0.3 is 0 Å². The van der Waals surface area contributed by atoms with Crippen molar-refractivity contribution in [3.8, 4) is 0 Å². The molecule has 0 unspecified atom stereocenters. The Bertz CT molecular complexity index is 545. The standard InChI is InChI=1S/C12H12N4O/c1-8-4-5-10(15-16(8)3)12-11(9(2)17)13-6-7-14-12/h4-7H,1H2,2-3H3. The largest absolute Gasteiger partial charge is 0.293 e. The molecule has 0 bridgehead atoms. The topological polar surface area (TPSA) is 58.5 Å². The zero-order valence-electron chi connectivity index (χ0n) is 9.71. The van der Waals surface area contributed by atoms with Gasteiger partial charge in [0.05, 0.1) is 5.70 Å². The Morgan fingerprint density at radius 1 is 1.29 bits per heavy atom. The lowest BCUT2D eigenvalue weighted by molar-refractivity contribution is 0.101. The van der Waals surface area contributed by atoms with Crippen molar-refractivity contribution < 1.29 is 4.79 Å². The third-order valence-electron chi connectivity index (χ3n) is 2.38. The normalized spacial score (nSPS) is 14.8. The highest BCUT2D eigenvalue weighted by molar-refractivity contribution is 6.13. The molecular formula is C12H12N4O. The number of allylic oxidation sites excluding steroid dienone is 2. The van der Waals surface area contributed by atoms with Crippen molar-refractivity contribution in [2.24, 2.45) is 5.10 Å². The Labute approximate surface area is 99.2 Å². The molecule has 0 spiro atoms. The number of Topliss-reactive ketones (excluding diaryl/α,β-unsaturated/α-hetero) is 1. The summed E-state index contributed by atoms with van der Waals surface area (Å²) in [5, 5.41) is 5.92. The van der Waals surface area contributed by atoms with Crippen LogP contribution in [0.2, 0.25) is 0 Å². The molecule has 0 aromatic carbocycles. The molecule has 2 rings (SSSR count). The maximum Gasteiger partial charge on any atom is 0.180 e. The number of ketones is 1. The van der Waals surface area contributed by atoms with E-state index in [-0.39, 0.29) is 5.78 Å². The van der Waals surface area contributed by atoms with Crippen LogP contribution in [-0.2, 0) is 0 Å². The van der Waals surface area contributed by atoms with Gasteiger partial charge in [0.25, 0.3) is 0 Å². The molecule has 17 heavy (non-hydrogen) atoms. The smallest absolute Gasteiger partial charge is 0.180 e. The summed E-state index contributed by atoms with van der Waals surface area (Å²) in [5.74, 6) is -0.128. The first-order chi connectivity index (χ1) is 8.09. The monoisotopic (exact) mass is 228 g/mol. The summed E-state index contributed by atoms with van der Waals surface area (Å²) >= 11 is 0. The van der Waals surface area contributed by atoms with E-state index >= 15 is 0 Å². The molecule has 0 atom stereocenters. The lowest BCUT2D eigenvalue weighted by atomic mass is 10.1. The van der Waals surface area contributed by atoms with Gasteiger partial charge in [-0.2, -0.15) is 5.10 Å². The van der Waals surface area contributed by atoms with Crippen LogP contribution in [0.15, 0.2) is 41.9 Å². The molecular weight excluding hydrogens is 216 g/mol. The van der Waals surface area contributed by atoms with Crippen LogP contribution < -0.4 is 0 Å². The van der Waals surface area contributed by atoms with E-state index in [1.54, 1.807) is 24.3 Å². The number of hydrogen-bond acceptors (Lipinski definition) is 5. The van der Waals surface area contributed by atoms with E-state index in [9.17, 15) is 4.79 Å². The predicted molar refractivity (Wildman–Crippen MR) is 64.6 cm³/mol. The number of aromatic nitrogens is 2. The quantitative estimate of drug-likeness (QED) is 0.718. The molecule has 0 fully saturated rings. The highest BCUT2D eigenvalue weighted by Crippen LogP contribution is 2.13. The van der Waals surface area contributed by atoms with Crippen molar-refractivity contribution in [1.29, 1.82) is 0 Å². The van der Waals surface area contributed by atoms with Crippen LogP contribution in [0.1, 0.15) is 23.1 Å². The first-order valence-corrected chi connectivity index (χ1v) is 5.11. The van der Waals surface area contributed by atoms with Gasteiger partial charge in [-0.05, 0) is 12.2 Å². The highest BCUT2D eigenvalue weighted by atomic mass is 16.1. The van der Waals surface area contributed by atoms with Crippen LogP contribution in [0.4, 0.5) is 0 Å². The van der Waals surface area contributed by atoms with Gasteiger partial charge in [-0.3, -0.25) is 14.8 Å². The molecule has 1 aliphatic heterocycles. The minimum absolute atomic E-state index is 0.128. The number of carbonyl (C=O) groups is 1. The molecule has 0 amide bonds. The van der Waals surface area contributed by atoms with Gasteiger partial charge in [0.2, 0.25) is 0 Å². The minimum atomic E-state index is -0.128. The van der Waals surface area contributed by atoms with Crippen molar-refractivity contribution in [2.45, 2.75) is 6.92 Å². The van der Waals surface area contributed by atoms with Gasteiger partial charge in [0.15, 0.2) is 5.78 Å². The van der Waals surface area contributed by atoms with Crippen molar-refractivity contribution in [3.63, 3.8) is 0 Å². The molecule has 5 heteroatoms. The zero-order chi connectivity index (χ0) is 12.4. The summed E-state index contributed by atoms with van der Waals surface area (Å²) in [7, 11) is 1.79. The van der Waals surface area contributed by atoms with Crippen LogP contribution in [0.3, 0.4) is 0 Å². The number of nitrogens with zero attached hydrogens (tertiary/aromatic N) is 4. The van der Waals surface area contributed by atoms with Gasteiger partial charge in [0.1, 0.15) is 17.1 Å². The predicted octanol–water partition coefficient (Wildman–Crippen LogP) is 1.40. The highest BCUT2D eigenvalue weighted by Gasteiger charge is 2.16. The van der Waals surface area contributed by atoms with Crippen LogP contribution in [0.5, 0.6) is 0 Å². The molecule has 1 aromatic heterocycles. The maximum atomic E-state index is 11.4. The number of hydrazone groups is 1. The Morgan fingerprint density at radius 2 is 2.00 bits per heavy atom. The lowest BCUT2D eigenvalue weighted by Gasteiger charge is -2.18. The summed E-state index contributed by atoms with van der Waals surface area (Å²) in [4.78, 5) is 19.6. The van der Waals surface area contributed by atoms with Crippen LogP contribution in [-0.4, -0.2) is 33.5 Å². The third-order valence-corrected chi connectivity index (χ3v) is 2.38. The van der Waals surface area contributed by atoms with E-state index in [0.29, 0.717) is 17.1 Å². The van der Waals surface area contributed by atoms with E-state index in [2.05, 4.69) is 21.6 Å². The van der Waals surface area contributed by atoms with Gasteiger partial charge < -0.3 is 0 Å². The second-order valence-corrected chi connectivity index (χ2v) is 3.64. The molecule has 0 N–H and O–H groups in total. The average molecular weight is 228 g/mol. The zero-order valence-corrected chi connectivity index (χ0v) is 9.71. The minimum Gasteiger partial charge on any atom is -0.293 e. The van der Waals surface area contributed by atoms with Crippen molar-refractivity contribution in [2.75, 3.05) is 7.05 Å². The van der Waals surface area contributed by atoms with Crippen LogP contribution in [0, 0.1) is 0 Å². The maximum absolute atomic E-state index is 11.4. The molecule has 1 aromatic rings. The Balaban J connectivity index is 2.49. The van der Waals surface area contributed by atoms with Crippen LogP contribution in [0.25, 0.3) is 0 Å². The fourth-order valence-electron chi connectivity index (χ4n) is 1.45. The second kappa shape index (κ2) is 4.29. The van der Waals surface area contributed by atoms with Gasteiger partial charge in [-0.15, -0.1) is 0 Å². The molecule has 86 valence electrons. The fourth-order valence-corrected chi connectivity index (χ4v) is 1.45. The van der Waals surface area contributed by atoms with Crippen molar-refractivity contribution in [1.82, 2.24) is 15.0 Å². The summed E-state index contributed by atoms with van der Waals surface area (Å²) in [6, 6.07) is 0. The number of carbonyl (C=O) groups excluding carboxylic acids is 1. The molecule has 0 radical (unpaired) electrons. The fraction of sp³-hybridized carbons (Fsp3) is 0.167. The summed E-state index contributed by atoms with van der Waals surface area (Å²) in [6.07, 6.45) is 6.64. The van der Waals surface area contributed by atoms with Crippen molar-refractivity contribution >= 4 is 11.5 Å². The Hall–Kier alpha value is -2.30. The summed E-state index contributed by atoms with van der Waals surface area (Å²) in [5.41, 5.74) is 2.22. The van der Waals surface area contributed by atoms with Crippen LogP contribution >= 0.6 is 0 Å². The molecule has 5 nitrogen and oxygen atoms in total. The van der Waals surface area contributed by atoms with Gasteiger partial charge in [-0.25, -0.2) is 4.98 Å². The Morgan fingerprint density at radius 3 is 2.65 bits per heavy atom. The molecule has 1 aliphatic rings. The van der Waals surface area contributed by atoms with Gasteiger partial charge in [-0.1, -0.05) is 6.58 Å². The van der Waals surface area contributed by atoms with Crippen molar-refractivity contribution in [3.05, 3.63) is 48.2 Å². The molecule has 0 saturated heterocycles. The lowest BCUT2D eigenvalue weighted by Crippen LogP contribution is -2.19. The molecule has 2 heterocycles. The third kappa shape index (κ3) is 2.13. The average Bonchev–Trinajstić information content (AvgIpc) is 2.32. The summed E-state index contributed by atoms with van der Waals surface area (Å²) in [6.45, 7) is 5.27. The van der Waals surface area contributed by atoms with E-state index in [1.807, 2.05) is 6.08 Å². The summed E-state index contributed by atoms with van der Waals surface area (Å²) < 4.78 is 0. The number of likely N-dealkylation sites (N-methyl/N-ethyl adjacent to an activating group) is 1. The number of rotatable bonds is 2. The Kier molecular flexibility index (Phi) is 2.82. The SMILES string of the molecule is C=C1C=CC(c2nccnc2C(C)=O)=NN1C. The van der Waals surface area contributed by atoms with E-state index < -0.39 is 0 Å². The van der Waals surface area contributed by atoms with E-state index in [4.69, 9.17) is 0 Å². The number of hydrogen-bond donors (Lipinski definition) is 0. The molecule has 0 aliphatic carbocycles. The van der Waals surface area contributed by atoms with E-state index in [0.717, 1.165) is 5.70 Å². The second-order valence-electron chi connectivity index (χ2n) is 3.64. The first-order valence-electron chi connectivity index (χ1n) is 5.11. The van der Waals surface area contributed by atoms with E-state index in [1.165, 1.54) is 13.1 Å². The molecule has 0 saturated carbocycles. The first kappa shape index (κ1) is 11.2.